The highest BCUT2D eigenvalue weighted by molar-refractivity contribution is 5.14. The van der Waals surface area contributed by atoms with E-state index in [2.05, 4.69) is 30.8 Å². The Morgan fingerprint density at radius 1 is 0.864 bits per heavy atom. The molecule has 0 N–H and O–H groups in total. The van der Waals surface area contributed by atoms with Gasteiger partial charge in [0.25, 0.3) is 0 Å². The summed E-state index contributed by atoms with van der Waals surface area (Å²) in [4.78, 5) is 0. The molecule has 0 saturated heterocycles. The fourth-order valence-corrected chi connectivity index (χ4v) is 2.01. The van der Waals surface area contributed by atoms with E-state index in [-0.39, 0.29) is 6.10 Å². The van der Waals surface area contributed by atoms with Crippen LogP contribution in [-0.2, 0) is 22.7 Å². The van der Waals surface area contributed by atoms with Crippen molar-refractivity contribution in [3.63, 3.8) is 0 Å². The Morgan fingerprint density at radius 3 is 2.05 bits per heavy atom. The molecule has 0 aliphatic rings. The largest absolute Gasteiger partial charge is 0.374 e. The van der Waals surface area contributed by atoms with Crippen molar-refractivity contribution in [2.75, 3.05) is 6.61 Å². The molecule has 0 aliphatic carbocycles. The highest BCUT2D eigenvalue weighted by Gasteiger charge is 2.06. The minimum absolute atomic E-state index is 0.0816. The topological polar surface area (TPSA) is 18.5 Å². The van der Waals surface area contributed by atoms with Crippen molar-refractivity contribution in [1.82, 2.24) is 0 Å². The van der Waals surface area contributed by atoms with Gasteiger partial charge in [0.1, 0.15) is 0 Å². The highest BCUT2D eigenvalue weighted by Crippen LogP contribution is 2.07. The summed E-state index contributed by atoms with van der Waals surface area (Å²) in [6, 6.07) is 20.3. The minimum Gasteiger partial charge on any atom is -0.374 e. The molecule has 2 aromatic carbocycles. The molecule has 0 amide bonds. The molecule has 0 bridgehead atoms. The number of rotatable bonds is 9. The normalized spacial score (nSPS) is 12.4. The first-order chi connectivity index (χ1) is 10.9. The van der Waals surface area contributed by atoms with Gasteiger partial charge in [-0.3, -0.25) is 0 Å². The van der Waals surface area contributed by atoms with E-state index >= 15 is 0 Å². The molecule has 2 nitrogen and oxygen atoms in total. The van der Waals surface area contributed by atoms with E-state index in [0.29, 0.717) is 19.8 Å². The average Bonchev–Trinajstić information content (AvgIpc) is 2.58. The fraction of sp³-hybridized carbons (Fsp3) is 0.200. The number of ether oxygens (including phenoxy) is 2. The van der Waals surface area contributed by atoms with Crippen LogP contribution in [0.4, 0.5) is 0 Å². The van der Waals surface area contributed by atoms with E-state index < -0.39 is 0 Å². The minimum atomic E-state index is -0.0816. The Kier molecular flexibility index (Phi) is 7.16. The zero-order valence-corrected chi connectivity index (χ0v) is 12.7. The molecule has 0 spiro atoms. The first-order valence-electron chi connectivity index (χ1n) is 7.45. The van der Waals surface area contributed by atoms with Crippen molar-refractivity contribution in [2.24, 2.45) is 0 Å². The first-order valence-corrected chi connectivity index (χ1v) is 7.45. The smallest absolute Gasteiger partial charge is 0.0997 e. The van der Waals surface area contributed by atoms with Crippen LogP contribution in [0.15, 0.2) is 85.5 Å². The number of hydrogen-bond donors (Lipinski definition) is 0. The average molecular weight is 294 g/mol. The van der Waals surface area contributed by atoms with Gasteiger partial charge in [0.15, 0.2) is 0 Å². The Hall–Kier alpha value is -2.16. The van der Waals surface area contributed by atoms with Crippen molar-refractivity contribution < 1.29 is 9.47 Å². The lowest BCUT2D eigenvalue weighted by molar-refractivity contribution is -0.00526. The second-order valence-corrected chi connectivity index (χ2v) is 4.96. The Bertz CT molecular complexity index is 561. The summed E-state index contributed by atoms with van der Waals surface area (Å²) >= 11 is 0. The first kappa shape index (κ1) is 16.2. The molecule has 22 heavy (non-hydrogen) atoms. The lowest BCUT2D eigenvalue weighted by atomic mass is 10.2. The SMILES string of the molecule is C=CC=CC(COCc1ccccc1)OCc1ccccc1. The monoisotopic (exact) mass is 294 g/mol. The summed E-state index contributed by atoms with van der Waals surface area (Å²) in [5.41, 5.74) is 2.32. The van der Waals surface area contributed by atoms with Crippen molar-refractivity contribution in [2.45, 2.75) is 19.3 Å². The summed E-state index contributed by atoms with van der Waals surface area (Å²) in [7, 11) is 0. The van der Waals surface area contributed by atoms with Crippen LogP contribution in [0.1, 0.15) is 11.1 Å². The third kappa shape index (κ3) is 6.08. The van der Waals surface area contributed by atoms with Crippen LogP contribution in [-0.4, -0.2) is 12.7 Å². The maximum absolute atomic E-state index is 5.91. The lowest BCUT2D eigenvalue weighted by Gasteiger charge is -2.15. The summed E-state index contributed by atoms with van der Waals surface area (Å²) in [5.74, 6) is 0. The lowest BCUT2D eigenvalue weighted by Crippen LogP contribution is -2.17. The fourth-order valence-electron chi connectivity index (χ4n) is 2.01. The van der Waals surface area contributed by atoms with E-state index in [1.807, 2.05) is 48.6 Å². The van der Waals surface area contributed by atoms with Gasteiger partial charge in [0, 0.05) is 0 Å². The summed E-state index contributed by atoms with van der Waals surface area (Å²) in [5, 5.41) is 0. The molecule has 0 aliphatic heterocycles. The van der Waals surface area contributed by atoms with Gasteiger partial charge in [-0.25, -0.2) is 0 Å². The molecule has 2 rings (SSSR count). The zero-order chi connectivity index (χ0) is 15.5. The van der Waals surface area contributed by atoms with Gasteiger partial charge in [-0.1, -0.05) is 85.5 Å². The molecule has 2 aromatic rings. The van der Waals surface area contributed by atoms with Crippen LogP contribution in [0.3, 0.4) is 0 Å². The molecule has 2 heteroatoms. The number of benzene rings is 2. The van der Waals surface area contributed by atoms with Gasteiger partial charge in [-0.15, -0.1) is 0 Å². The quantitative estimate of drug-likeness (QED) is 0.633. The summed E-state index contributed by atoms with van der Waals surface area (Å²) in [6.07, 6.45) is 5.53. The molecular weight excluding hydrogens is 272 g/mol. The van der Waals surface area contributed by atoms with E-state index in [9.17, 15) is 0 Å². The molecule has 1 unspecified atom stereocenters. The van der Waals surface area contributed by atoms with Gasteiger partial charge in [0.2, 0.25) is 0 Å². The Balaban J connectivity index is 1.81. The van der Waals surface area contributed by atoms with Crippen LogP contribution in [0, 0.1) is 0 Å². The molecule has 0 fully saturated rings. The molecule has 0 radical (unpaired) electrons. The molecule has 0 aromatic heterocycles. The predicted molar refractivity (Wildman–Crippen MR) is 90.5 cm³/mol. The number of allylic oxidation sites excluding steroid dienone is 2. The van der Waals surface area contributed by atoms with Crippen LogP contribution in [0.25, 0.3) is 0 Å². The van der Waals surface area contributed by atoms with Gasteiger partial charge >= 0.3 is 0 Å². The number of hydrogen-bond acceptors (Lipinski definition) is 2. The highest BCUT2D eigenvalue weighted by atomic mass is 16.5. The van der Waals surface area contributed by atoms with Gasteiger partial charge in [0.05, 0.1) is 25.9 Å². The van der Waals surface area contributed by atoms with Crippen molar-refractivity contribution in [1.29, 1.82) is 0 Å². The van der Waals surface area contributed by atoms with Crippen LogP contribution < -0.4 is 0 Å². The van der Waals surface area contributed by atoms with Crippen molar-refractivity contribution in [3.05, 3.63) is 96.6 Å². The summed E-state index contributed by atoms with van der Waals surface area (Å²) < 4.78 is 11.7. The van der Waals surface area contributed by atoms with E-state index in [4.69, 9.17) is 9.47 Å². The van der Waals surface area contributed by atoms with Crippen molar-refractivity contribution in [3.8, 4) is 0 Å². The Morgan fingerprint density at radius 2 is 1.45 bits per heavy atom. The summed E-state index contributed by atoms with van der Waals surface area (Å²) in [6.45, 7) is 5.38. The van der Waals surface area contributed by atoms with Gasteiger partial charge < -0.3 is 9.47 Å². The van der Waals surface area contributed by atoms with Gasteiger partial charge in [-0.05, 0) is 11.1 Å². The van der Waals surface area contributed by atoms with E-state index in [1.165, 1.54) is 0 Å². The van der Waals surface area contributed by atoms with E-state index in [0.717, 1.165) is 11.1 Å². The third-order valence-corrected chi connectivity index (χ3v) is 3.16. The molecule has 0 heterocycles. The third-order valence-electron chi connectivity index (χ3n) is 3.16. The molecule has 114 valence electrons. The van der Waals surface area contributed by atoms with E-state index in [1.54, 1.807) is 6.08 Å². The second kappa shape index (κ2) is 9.72. The second-order valence-electron chi connectivity index (χ2n) is 4.96. The molecule has 0 saturated carbocycles. The predicted octanol–water partition coefficient (Wildman–Crippen LogP) is 4.53. The maximum Gasteiger partial charge on any atom is 0.0997 e. The van der Waals surface area contributed by atoms with Crippen LogP contribution in [0.2, 0.25) is 0 Å². The zero-order valence-electron chi connectivity index (χ0n) is 12.7. The van der Waals surface area contributed by atoms with Crippen molar-refractivity contribution >= 4 is 0 Å². The molecular formula is C20H22O2. The molecule has 1 atom stereocenters. The van der Waals surface area contributed by atoms with Crippen LogP contribution in [0.5, 0.6) is 0 Å². The van der Waals surface area contributed by atoms with Crippen LogP contribution >= 0.6 is 0 Å². The standard InChI is InChI=1S/C20H22O2/c1-2-3-14-20(22-16-19-12-8-5-9-13-19)17-21-15-18-10-6-4-7-11-18/h2-14,20H,1,15-17H2. The van der Waals surface area contributed by atoms with Gasteiger partial charge in [-0.2, -0.15) is 0 Å². The Labute approximate surface area is 132 Å². The maximum atomic E-state index is 5.91.